The van der Waals surface area contributed by atoms with E-state index < -0.39 is 17.5 Å². The minimum atomic E-state index is -0.675. The average Bonchev–Trinajstić information content (AvgIpc) is 2.84. The summed E-state index contributed by atoms with van der Waals surface area (Å²) >= 11 is 2.48. The molecule has 2 aromatic rings. The maximum absolute atomic E-state index is 13.2. The standard InChI is InChI=1S/C10H7F2N3OS2/c11-6-1-2-7(12)8(3-6)14-9(16)4-17-10-15-13-5-18-10/h1-3,5H,4H2,(H,14,16). The molecule has 1 aromatic carbocycles. The molecule has 0 unspecified atom stereocenters. The number of halogens is 2. The van der Waals surface area contributed by atoms with Crippen LogP contribution in [0.1, 0.15) is 0 Å². The van der Waals surface area contributed by atoms with Crippen LogP contribution in [0.15, 0.2) is 28.0 Å². The van der Waals surface area contributed by atoms with Crippen molar-refractivity contribution in [1.82, 2.24) is 10.2 Å². The van der Waals surface area contributed by atoms with Crippen molar-refractivity contribution >= 4 is 34.7 Å². The van der Waals surface area contributed by atoms with E-state index in [0.717, 1.165) is 18.2 Å². The van der Waals surface area contributed by atoms with Crippen LogP contribution in [0.4, 0.5) is 14.5 Å². The summed E-state index contributed by atoms with van der Waals surface area (Å²) in [6, 6.07) is 2.88. The number of aromatic nitrogens is 2. The van der Waals surface area contributed by atoms with Gasteiger partial charge in [-0.25, -0.2) is 8.78 Å². The summed E-state index contributed by atoms with van der Waals surface area (Å²) in [6.07, 6.45) is 0. The Morgan fingerprint density at radius 3 is 3.00 bits per heavy atom. The molecule has 1 heterocycles. The molecule has 0 aliphatic carbocycles. The van der Waals surface area contributed by atoms with Gasteiger partial charge in [0.1, 0.15) is 17.1 Å². The molecule has 0 fully saturated rings. The number of nitrogens with one attached hydrogen (secondary N) is 1. The first-order chi connectivity index (χ1) is 8.65. The fraction of sp³-hybridized carbons (Fsp3) is 0.100. The predicted octanol–water partition coefficient (Wildman–Crippen LogP) is 2.55. The van der Waals surface area contributed by atoms with Gasteiger partial charge >= 0.3 is 0 Å². The molecule has 0 atom stereocenters. The van der Waals surface area contributed by atoms with Gasteiger partial charge in [0.2, 0.25) is 5.91 Å². The smallest absolute Gasteiger partial charge is 0.234 e. The first-order valence-corrected chi connectivity index (χ1v) is 6.65. The maximum atomic E-state index is 13.2. The summed E-state index contributed by atoms with van der Waals surface area (Å²) in [4.78, 5) is 11.5. The van der Waals surface area contributed by atoms with E-state index >= 15 is 0 Å². The molecule has 0 saturated carbocycles. The van der Waals surface area contributed by atoms with E-state index in [4.69, 9.17) is 0 Å². The van der Waals surface area contributed by atoms with Gasteiger partial charge in [0, 0.05) is 6.07 Å². The number of anilines is 1. The number of nitrogens with zero attached hydrogens (tertiary/aromatic N) is 2. The number of carbonyl (C=O) groups excluding carboxylic acids is 1. The molecule has 94 valence electrons. The molecule has 2 rings (SSSR count). The minimum Gasteiger partial charge on any atom is -0.323 e. The second kappa shape index (κ2) is 5.87. The van der Waals surface area contributed by atoms with Crippen molar-refractivity contribution in [2.45, 2.75) is 4.34 Å². The van der Waals surface area contributed by atoms with E-state index in [1.165, 1.54) is 23.1 Å². The number of hydrogen-bond acceptors (Lipinski definition) is 5. The average molecular weight is 287 g/mol. The lowest BCUT2D eigenvalue weighted by Gasteiger charge is -2.05. The maximum Gasteiger partial charge on any atom is 0.234 e. The summed E-state index contributed by atoms with van der Waals surface area (Å²) < 4.78 is 26.7. The molecule has 1 amide bonds. The van der Waals surface area contributed by atoms with E-state index in [9.17, 15) is 13.6 Å². The second-order valence-corrected chi connectivity index (χ2v) is 5.22. The van der Waals surface area contributed by atoms with Gasteiger partial charge in [0.05, 0.1) is 11.4 Å². The van der Waals surface area contributed by atoms with Crippen LogP contribution < -0.4 is 5.32 Å². The van der Waals surface area contributed by atoms with Gasteiger partial charge in [-0.1, -0.05) is 23.1 Å². The molecular weight excluding hydrogens is 280 g/mol. The van der Waals surface area contributed by atoms with Crippen molar-refractivity contribution in [3.63, 3.8) is 0 Å². The number of hydrogen-bond donors (Lipinski definition) is 1. The van der Waals surface area contributed by atoms with Crippen LogP contribution >= 0.6 is 23.1 Å². The third kappa shape index (κ3) is 3.47. The quantitative estimate of drug-likeness (QED) is 0.878. The van der Waals surface area contributed by atoms with Crippen molar-refractivity contribution < 1.29 is 13.6 Å². The van der Waals surface area contributed by atoms with Crippen molar-refractivity contribution in [2.75, 3.05) is 11.1 Å². The predicted molar refractivity (Wildman–Crippen MR) is 65.6 cm³/mol. The van der Waals surface area contributed by atoms with Gasteiger partial charge in [-0.15, -0.1) is 10.2 Å². The van der Waals surface area contributed by atoms with Crippen molar-refractivity contribution in [3.05, 3.63) is 35.3 Å². The van der Waals surface area contributed by atoms with Crippen LogP contribution in [0.5, 0.6) is 0 Å². The number of thioether (sulfide) groups is 1. The largest absolute Gasteiger partial charge is 0.323 e. The first-order valence-electron chi connectivity index (χ1n) is 4.79. The summed E-state index contributed by atoms with van der Waals surface area (Å²) in [7, 11) is 0. The summed E-state index contributed by atoms with van der Waals surface area (Å²) in [5.74, 6) is -1.65. The highest BCUT2D eigenvalue weighted by Gasteiger charge is 2.09. The molecule has 1 aromatic heterocycles. The third-order valence-electron chi connectivity index (χ3n) is 1.87. The fourth-order valence-corrected chi connectivity index (χ4v) is 2.42. The Balaban J connectivity index is 1.92. The van der Waals surface area contributed by atoms with Crippen molar-refractivity contribution in [3.8, 4) is 0 Å². The molecule has 0 aliphatic heterocycles. The van der Waals surface area contributed by atoms with Crippen LogP contribution in [0, 0.1) is 11.6 Å². The van der Waals surface area contributed by atoms with Crippen molar-refractivity contribution in [1.29, 1.82) is 0 Å². The molecular formula is C10H7F2N3OS2. The van der Waals surface area contributed by atoms with Gasteiger partial charge in [-0.05, 0) is 12.1 Å². The van der Waals surface area contributed by atoms with Crippen LogP contribution in [0.2, 0.25) is 0 Å². The molecule has 18 heavy (non-hydrogen) atoms. The number of carbonyl (C=O) groups is 1. The van der Waals surface area contributed by atoms with E-state index in [-0.39, 0.29) is 11.4 Å². The molecule has 0 saturated heterocycles. The third-order valence-corrected chi connectivity index (χ3v) is 3.73. The van der Waals surface area contributed by atoms with Gasteiger partial charge < -0.3 is 5.32 Å². The molecule has 4 nitrogen and oxygen atoms in total. The SMILES string of the molecule is O=C(CSc1nncs1)Nc1cc(F)ccc1F. The van der Waals surface area contributed by atoms with Gasteiger partial charge in [-0.3, -0.25) is 4.79 Å². The minimum absolute atomic E-state index is 0.0607. The first kappa shape index (κ1) is 12.9. The number of benzene rings is 1. The van der Waals surface area contributed by atoms with Crippen LogP contribution in [-0.4, -0.2) is 21.9 Å². The lowest BCUT2D eigenvalue weighted by Crippen LogP contribution is -2.15. The summed E-state index contributed by atoms with van der Waals surface area (Å²) in [5, 5.41) is 9.66. The van der Waals surface area contributed by atoms with Crippen LogP contribution in [0.25, 0.3) is 0 Å². The molecule has 1 N–H and O–H groups in total. The highest BCUT2D eigenvalue weighted by atomic mass is 32.2. The Bertz CT molecular complexity index is 548. The Labute approximate surface area is 109 Å². The Morgan fingerprint density at radius 2 is 2.28 bits per heavy atom. The normalized spacial score (nSPS) is 10.3. The zero-order chi connectivity index (χ0) is 13.0. The van der Waals surface area contributed by atoms with Crippen molar-refractivity contribution in [2.24, 2.45) is 0 Å². The monoisotopic (exact) mass is 287 g/mol. The highest BCUT2D eigenvalue weighted by Crippen LogP contribution is 2.20. The van der Waals surface area contributed by atoms with Crippen LogP contribution in [-0.2, 0) is 4.79 Å². The molecule has 0 spiro atoms. The topological polar surface area (TPSA) is 54.9 Å². The van der Waals surface area contributed by atoms with E-state index in [0.29, 0.717) is 4.34 Å². The highest BCUT2D eigenvalue weighted by molar-refractivity contribution is 8.01. The Kier molecular flexibility index (Phi) is 4.21. The molecule has 8 heteroatoms. The van der Waals surface area contributed by atoms with Gasteiger partial charge in [0.25, 0.3) is 0 Å². The Morgan fingerprint density at radius 1 is 1.44 bits per heavy atom. The molecule has 0 bridgehead atoms. The van der Waals surface area contributed by atoms with Gasteiger partial charge in [0.15, 0.2) is 4.34 Å². The lowest BCUT2D eigenvalue weighted by molar-refractivity contribution is -0.113. The fourth-order valence-electron chi connectivity index (χ4n) is 1.13. The number of amides is 1. The second-order valence-electron chi connectivity index (χ2n) is 3.17. The molecule has 0 radical (unpaired) electrons. The molecule has 0 aliphatic rings. The van der Waals surface area contributed by atoms with Gasteiger partial charge in [-0.2, -0.15) is 0 Å². The van der Waals surface area contributed by atoms with E-state index in [1.54, 1.807) is 5.51 Å². The number of rotatable bonds is 4. The zero-order valence-corrected chi connectivity index (χ0v) is 10.5. The zero-order valence-electron chi connectivity index (χ0n) is 8.89. The van der Waals surface area contributed by atoms with E-state index in [1.807, 2.05) is 0 Å². The summed E-state index contributed by atoms with van der Waals surface area (Å²) in [5.41, 5.74) is 1.38. The lowest BCUT2D eigenvalue weighted by atomic mass is 10.3. The van der Waals surface area contributed by atoms with E-state index in [2.05, 4.69) is 15.5 Å². The summed E-state index contributed by atoms with van der Waals surface area (Å²) in [6.45, 7) is 0. The van der Waals surface area contributed by atoms with Crippen LogP contribution in [0.3, 0.4) is 0 Å². The Hall–Kier alpha value is -1.54.